The zero-order valence-corrected chi connectivity index (χ0v) is 18.9. The van der Waals surface area contributed by atoms with Gasteiger partial charge in [-0.1, -0.05) is 60.5 Å². The number of hydrogen-bond acceptors (Lipinski definition) is 2. The highest BCUT2D eigenvalue weighted by Gasteiger charge is 2.45. The molecule has 2 aromatic carbocycles. The van der Waals surface area contributed by atoms with Crippen molar-refractivity contribution in [3.8, 4) is 0 Å². The molecule has 1 heterocycles. The second-order valence-electron chi connectivity index (χ2n) is 7.90. The number of carbonyl (C=O) groups excluding carboxylic acids is 2. The number of carbonyl (C=O) groups is 2. The fourth-order valence-electron chi connectivity index (χ4n) is 4.61. The summed E-state index contributed by atoms with van der Waals surface area (Å²) in [6.07, 6.45) is 3.60. The molecule has 1 fully saturated rings. The third-order valence-corrected chi connectivity index (χ3v) is 6.44. The summed E-state index contributed by atoms with van der Waals surface area (Å²) in [6, 6.07) is 14.6. The summed E-state index contributed by atoms with van der Waals surface area (Å²) in [7, 11) is 0. The average molecular weight is 444 g/mol. The standard InChI is InChI=1S/C25H27Cl2NO2/c1-4-7-19-15-22(18-8-6-9-21(27)14-18)24(17-10-12-20(26)13-11-17)28(25(19)30)23(5-2)16(3)29/h4,6,8-14,19,22-24H,1,5,7,15H2,2-3H3/t19-,22+,23-,24+/m0/s1. The molecule has 30 heavy (non-hydrogen) atoms. The number of ketones is 1. The van der Waals surface area contributed by atoms with E-state index in [4.69, 9.17) is 23.2 Å². The van der Waals surface area contributed by atoms with Gasteiger partial charge in [0.15, 0.2) is 5.78 Å². The Hall–Kier alpha value is -2.10. The van der Waals surface area contributed by atoms with Gasteiger partial charge in [-0.05, 0) is 61.6 Å². The largest absolute Gasteiger partial charge is 0.325 e. The third kappa shape index (κ3) is 4.63. The van der Waals surface area contributed by atoms with Crippen LogP contribution in [0.1, 0.15) is 56.2 Å². The van der Waals surface area contributed by atoms with Crippen LogP contribution in [0.4, 0.5) is 0 Å². The van der Waals surface area contributed by atoms with Crippen molar-refractivity contribution in [2.24, 2.45) is 5.92 Å². The number of benzene rings is 2. The average Bonchev–Trinajstić information content (AvgIpc) is 2.71. The Morgan fingerprint density at radius 1 is 1.17 bits per heavy atom. The summed E-state index contributed by atoms with van der Waals surface area (Å²) in [6.45, 7) is 7.35. The van der Waals surface area contributed by atoms with Crippen LogP contribution in [0.25, 0.3) is 0 Å². The molecule has 0 saturated carbocycles. The van der Waals surface area contributed by atoms with Crippen LogP contribution in [0.3, 0.4) is 0 Å². The minimum absolute atomic E-state index is 0.000857. The summed E-state index contributed by atoms with van der Waals surface area (Å²) in [5, 5.41) is 1.29. The molecule has 0 spiro atoms. The molecule has 3 nitrogen and oxygen atoms in total. The Balaban J connectivity index is 2.20. The number of halogens is 2. The Labute approximate surface area is 188 Å². The number of amides is 1. The van der Waals surface area contributed by atoms with Crippen LogP contribution in [0.5, 0.6) is 0 Å². The van der Waals surface area contributed by atoms with Crippen LogP contribution in [0.15, 0.2) is 61.2 Å². The van der Waals surface area contributed by atoms with E-state index in [0.29, 0.717) is 29.3 Å². The van der Waals surface area contributed by atoms with Crippen LogP contribution in [-0.4, -0.2) is 22.6 Å². The highest BCUT2D eigenvalue weighted by atomic mass is 35.5. The Morgan fingerprint density at radius 2 is 1.87 bits per heavy atom. The molecule has 0 aliphatic carbocycles. The highest BCUT2D eigenvalue weighted by molar-refractivity contribution is 6.30. The lowest BCUT2D eigenvalue weighted by Crippen LogP contribution is -2.53. The van der Waals surface area contributed by atoms with E-state index in [1.165, 1.54) is 0 Å². The Bertz CT molecular complexity index is 925. The number of Topliss-reactive ketones (excluding diaryl/α,β-unsaturated/α-hetero) is 1. The van der Waals surface area contributed by atoms with Gasteiger partial charge in [-0.2, -0.15) is 0 Å². The molecule has 1 amide bonds. The third-order valence-electron chi connectivity index (χ3n) is 5.95. The van der Waals surface area contributed by atoms with Gasteiger partial charge in [0.25, 0.3) is 0 Å². The van der Waals surface area contributed by atoms with E-state index >= 15 is 0 Å². The Morgan fingerprint density at radius 3 is 2.43 bits per heavy atom. The predicted molar refractivity (Wildman–Crippen MR) is 123 cm³/mol. The molecule has 158 valence electrons. The minimum atomic E-state index is -0.479. The maximum atomic E-state index is 13.6. The molecular weight excluding hydrogens is 417 g/mol. The lowest BCUT2D eigenvalue weighted by Gasteiger charge is -2.47. The van der Waals surface area contributed by atoms with Crippen molar-refractivity contribution in [3.63, 3.8) is 0 Å². The molecule has 2 aromatic rings. The van der Waals surface area contributed by atoms with Crippen LogP contribution >= 0.6 is 23.2 Å². The first-order valence-corrected chi connectivity index (χ1v) is 11.1. The number of allylic oxidation sites excluding steroid dienone is 1. The monoisotopic (exact) mass is 443 g/mol. The number of nitrogens with zero attached hydrogens (tertiary/aromatic N) is 1. The minimum Gasteiger partial charge on any atom is -0.325 e. The maximum absolute atomic E-state index is 13.6. The zero-order chi connectivity index (χ0) is 21.8. The molecular formula is C25H27Cl2NO2. The SMILES string of the molecule is C=CC[C@H]1C[C@H](c2cccc(Cl)c2)[C@@H](c2ccc(Cl)cc2)N([C@@H](CC)C(C)=O)C1=O. The van der Waals surface area contributed by atoms with Gasteiger partial charge in [0, 0.05) is 21.9 Å². The van der Waals surface area contributed by atoms with Gasteiger partial charge in [0.05, 0.1) is 12.1 Å². The second kappa shape index (κ2) is 9.80. The Kier molecular flexibility index (Phi) is 7.38. The molecule has 0 bridgehead atoms. The van der Waals surface area contributed by atoms with Crippen molar-refractivity contribution in [1.29, 1.82) is 0 Å². The van der Waals surface area contributed by atoms with Gasteiger partial charge in [-0.25, -0.2) is 0 Å². The van der Waals surface area contributed by atoms with Crippen LogP contribution in [0.2, 0.25) is 10.0 Å². The molecule has 5 heteroatoms. The van der Waals surface area contributed by atoms with Gasteiger partial charge in [-0.3, -0.25) is 9.59 Å². The van der Waals surface area contributed by atoms with Crippen molar-refractivity contribution in [3.05, 3.63) is 82.4 Å². The second-order valence-corrected chi connectivity index (χ2v) is 8.77. The number of rotatable bonds is 7. The molecule has 0 unspecified atom stereocenters. The maximum Gasteiger partial charge on any atom is 0.227 e. The highest BCUT2D eigenvalue weighted by Crippen LogP contribution is 2.47. The van der Waals surface area contributed by atoms with Gasteiger partial charge in [0.2, 0.25) is 5.91 Å². The van der Waals surface area contributed by atoms with E-state index in [0.717, 1.165) is 11.1 Å². The summed E-state index contributed by atoms with van der Waals surface area (Å²) in [5.74, 6) is -0.214. The first kappa shape index (κ1) is 22.6. The van der Waals surface area contributed by atoms with E-state index in [2.05, 4.69) is 6.58 Å². The molecule has 1 saturated heterocycles. The normalized spacial score (nSPS) is 22.6. The fraction of sp³-hybridized carbons (Fsp3) is 0.360. The molecule has 1 aliphatic heterocycles. The van der Waals surface area contributed by atoms with Crippen molar-refractivity contribution < 1.29 is 9.59 Å². The summed E-state index contributed by atoms with van der Waals surface area (Å²) in [5.41, 5.74) is 2.03. The quantitative estimate of drug-likeness (QED) is 0.451. The van der Waals surface area contributed by atoms with Crippen molar-refractivity contribution in [2.45, 2.75) is 51.1 Å². The van der Waals surface area contributed by atoms with Crippen LogP contribution in [-0.2, 0) is 9.59 Å². The molecule has 3 rings (SSSR count). The van der Waals surface area contributed by atoms with Gasteiger partial charge >= 0.3 is 0 Å². The number of likely N-dealkylation sites (tertiary alicyclic amines) is 1. The number of hydrogen-bond donors (Lipinski definition) is 0. The van der Waals surface area contributed by atoms with Crippen LogP contribution < -0.4 is 0 Å². The summed E-state index contributed by atoms with van der Waals surface area (Å²) in [4.78, 5) is 28.0. The van der Waals surface area contributed by atoms with Crippen molar-refractivity contribution in [1.82, 2.24) is 4.90 Å². The number of piperidine rings is 1. The molecule has 0 aromatic heterocycles. The lowest BCUT2D eigenvalue weighted by molar-refractivity contribution is -0.150. The molecule has 1 aliphatic rings. The summed E-state index contributed by atoms with van der Waals surface area (Å²) >= 11 is 12.4. The fourth-order valence-corrected chi connectivity index (χ4v) is 4.94. The lowest BCUT2D eigenvalue weighted by atomic mass is 9.74. The first-order chi connectivity index (χ1) is 14.4. The van der Waals surface area contributed by atoms with E-state index in [9.17, 15) is 9.59 Å². The van der Waals surface area contributed by atoms with E-state index in [1.807, 2.05) is 60.4 Å². The van der Waals surface area contributed by atoms with Crippen molar-refractivity contribution in [2.75, 3.05) is 0 Å². The van der Waals surface area contributed by atoms with E-state index in [-0.39, 0.29) is 29.6 Å². The van der Waals surface area contributed by atoms with Gasteiger partial charge < -0.3 is 4.90 Å². The van der Waals surface area contributed by atoms with Crippen molar-refractivity contribution >= 4 is 34.9 Å². The predicted octanol–water partition coefficient (Wildman–Crippen LogP) is 6.61. The molecule has 4 atom stereocenters. The summed E-state index contributed by atoms with van der Waals surface area (Å²) < 4.78 is 0. The smallest absolute Gasteiger partial charge is 0.227 e. The van der Waals surface area contributed by atoms with Gasteiger partial charge in [0.1, 0.15) is 0 Å². The van der Waals surface area contributed by atoms with Crippen LogP contribution in [0, 0.1) is 5.92 Å². The van der Waals surface area contributed by atoms with E-state index in [1.54, 1.807) is 13.0 Å². The topological polar surface area (TPSA) is 37.4 Å². The molecule has 0 N–H and O–H groups in total. The zero-order valence-electron chi connectivity index (χ0n) is 17.4. The first-order valence-electron chi connectivity index (χ1n) is 10.3. The van der Waals surface area contributed by atoms with Gasteiger partial charge in [-0.15, -0.1) is 6.58 Å². The van der Waals surface area contributed by atoms with E-state index < -0.39 is 6.04 Å². The molecule has 0 radical (unpaired) electrons.